The molecule has 21 heavy (non-hydrogen) atoms. The Bertz CT molecular complexity index is 410. The summed E-state index contributed by atoms with van der Waals surface area (Å²) in [5, 5.41) is 3.78. The minimum absolute atomic E-state index is 0.484. The Morgan fingerprint density at radius 3 is 2.62 bits per heavy atom. The highest BCUT2D eigenvalue weighted by Gasteiger charge is 2.27. The van der Waals surface area contributed by atoms with Gasteiger partial charge in [0.25, 0.3) is 0 Å². The predicted molar refractivity (Wildman–Crippen MR) is 89.8 cm³/mol. The summed E-state index contributed by atoms with van der Waals surface area (Å²) in [6.45, 7) is 8.50. The monoisotopic (exact) mass is 289 g/mol. The average Bonchev–Trinajstić information content (AvgIpc) is 2.50. The lowest BCUT2D eigenvalue weighted by atomic mass is 9.77. The molecule has 0 amide bonds. The van der Waals surface area contributed by atoms with Crippen molar-refractivity contribution in [3.8, 4) is 5.75 Å². The van der Waals surface area contributed by atoms with Crippen molar-refractivity contribution < 1.29 is 4.74 Å². The summed E-state index contributed by atoms with van der Waals surface area (Å²) in [6.07, 6.45) is 6.63. The van der Waals surface area contributed by atoms with E-state index in [0.717, 1.165) is 30.7 Å². The van der Waals surface area contributed by atoms with Crippen molar-refractivity contribution in [1.29, 1.82) is 0 Å². The van der Waals surface area contributed by atoms with E-state index in [4.69, 9.17) is 4.74 Å². The molecule has 1 N–H and O–H groups in total. The fourth-order valence-corrected chi connectivity index (χ4v) is 3.44. The molecule has 1 fully saturated rings. The fourth-order valence-electron chi connectivity index (χ4n) is 3.44. The van der Waals surface area contributed by atoms with E-state index < -0.39 is 0 Å². The first-order valence-corrected chi connectivity index (χ1v) is 8.70. The van der Waals surface area contributed by atoms with E-state index >= 15 is 0 Å². The molecule has 1 aromatic carbocycles. The molecule has 1 aliphatic rings. The normalized spacial score (nSPS) is 23.8. The van der Waals surface area contributed by atoms with Crippen LogP contribution in [0.2, 0.25) is 0 Å². The van der Waals surface area contributed by atoms with Gasteiger partial charge in [0, 0.05) is 6.04 Å². The zero-order valence-corrected chi connectivity index (χ0v) is 13.9. The third kappa shape index (κ3) is 4.74. The maximum atomic E-state index is 5.68. The maximum absolute atomic E-state index is 5.68. The molecule has 0 aromatic heterocycles. The van der Waals surface area contributed by atoms with Crippen LogP contribution in [0.1, 0.15) is 64.5 Å². The first kappa shape index (κ1) is 16.4. The first-order valence-electron chi connectivity index (χ1n) is 8.70. The molecule has 1 unspecified atom stereocenters. The van der Waals surface area contributed by atoms with Crippen molar-refractivity contribution >= 4 is 0 Å². The van der Waals surface area contributed by atoms with E-state index in [0.29, 0.717) is 6.04 Å². The van der Waals surface area contributed by atoms with Gasteiger partial charge in [0.05, 0.1) is 6.61 Å². The molecule has 118 valence electrons. The summed E-state index contributed by atoms with van der Waals surface area (Å²) in [6, 6.07) is 9.17. The second-order valence-corrected chi connectivity index (χ2v) is 6.46. The summed E-state index contributed by atoms with van der Waals surface area (Å²) in [4.78, 5) is 0. The highest BCUT2D eigenvalue weighted by atomic mass is 16.5. The molecule has 0 heterocycles. The molecule has 2 nitrogen and oxygen atoms in total. The first-order chi connectivity index (χ1) is 10.2. The smallest absolute Gasteiger partial charge is 0.119 e. The van der Waals surface area contributed by atoms with Crippen LogP contribution in [-0.2, 0) is 0 Å². The molecule has 0 saturated heterocycles. The van der Waals surface area contributed by atoms with Crippen molar-refractivity contribution in [2.75, 3.05) is 13.2 Å². The van der Waals surface area contributed by atoms with Crippen molar-refractivity contribution in [3.63, 3.8) is 0 Å². The van der Waals surface area contributed by atoms with Crippen LogP contribution in [0.4, 0.5) is 0 Å². The van der Waals surface area contributed by atoms with Gasteiger partial charge >= 0.3 is 0 Å². The van der Waals surface area contributed by atoms with Crippen molar-refractivity contribution in [1.82, 2.24) is 5.32 Å². The third-order valence-electron chi connectivity index (χ3n) is 4.67. The second-order valence-electron chi connectivity index (χ2n) is 6.46. The highest BCUT2D eigenvalue weighted by Crippen LogP contribution is 2.37. The van der Waals surface area contributed by atoms with Crippen LogP contribution in [-0.4, -0.2) is 13.2 Å². The summed E-state index contributed by atoms with van der Waals surface area (Å²) in [5.74, 6) is 2.68. The number of nitrogens with one attached hydrogen (secondary N) is 1. The van der Waals surface area contributed by atoms with Crippen LogP contribution in [0.25, 0.3) is 0 Å². The van der Waals surface area contributed by atoms with E-state index in [-0.39, 0.29) is 0 Å². The Morgan fingerprint density at radius 1 is 1.19 bits per heavy atom. The van der Waals surface area contributed by atoms with Gasteiger partial charge < -0.3 is 10.1 Å². The standard InChI is InChI=1S/C19H31NO/c1-4-13-20-19(16-11-9-15(3)10-12-16)17-7-6-8-18(14-17)21-5-2/h6-8,14-16,19-20H,4-5,9-13H2,1-3H3. The van der Waals surface area contributed by atoms with Crippen LogP contribution in [0.15, 0.2) is 24.3 Å². The third-order valence-corrected chi connectivity index (χ3v) is 4.67. The van der Waals surface area contributed by atoms with E-state index in [1.165, 1.54) is 37.7 Å². The predicted octanol–water partition coefficient (Wildman–Crippen LogP) is 4.95. The quantitative estimate of drug-likeness (QED) is 0.766. The SMILES string of the molecule is CCCNC(c1cccc(OCC)c1)C1CCC(C)CC1. The van der Waals surface area contributed by atoms with Crippen LogP contribution in [0.3, 0.4) is 0 Å². The van der Waals surface area contributed by atoms with E-state index in [1.54, 1.807) is 0 Å². The number of benzene rings is 1. The largest absolute Gasteiger partial charge is 0.494 e. The van der Waals surface area contributed by atoms with E-state index in [9.17, 15) is 0 Å². The molecule has 1 saturated carbocycles. The molecular formula is C19H31NO. The summed E-state index contributed by atoms with van der Waals surface area (Å²) < 4.78 is 5.68. The zero-order chi connectivity index (χ0) is 15.1. The molecule has 1 aromatic rings. The lowest BCUT2D eigenvalue weighted by Crippen LogP contribution is -2.31. The lowest BCUT2D eigenvalue weighted by Gasteiger charge is -2.34. The lowest BCUT2D eigenvalue weighted by molar-refractivity contribution is 0.231. The van der Waals surface area contributed by atoms with Gasteiger partial charge in [-0.25, -0.2) is 0 Å². The van der Waals surface area contributed by atoms with Gasteiger partial charge in [-0.1, -0.05) is 38.8 Å². The van der Waals surface area contributed by atoms with Gasteiger partial charge in [0.15, 0.2) is 0 Å². The van der Waals surface area contributed by atoms with Crippen molar-refractivity contribution in [3.05, 3.63) is 29.8 Å². The molecular weight excluding hydrogens is 258 g/mol. The van der Waals surface area contributed by atoms with Gasteiger partial charge in [-0.2, -0.15) is 0 Å². The molecule has 2 rings (SSSR count). The number of rotatable bonds is 7. The summed E-state index contributed by atoms with van der Waals surface area (Å²) in [7, 11) is 0. The van der Waals surface area contributed by atoms with E-state index in [1.807, 2.05) is 6.92 Å². The molecule has 0 spiro atoms. The second kappa shape index (κ2) is 8.43. The molecule has 1 aliphatic carbocycles. The summed E-state index contributed by atoms with van der Waals surface area (Å²) in [5.41, 5.74) is 1.40. The highest BCUT2D eigenvalue weighted by molar-refractivity contribution is 5.31. The number of hydrogen-bond acceptors (Lipinski definition) is 2. The summed E-state index contributed by atoms with van der Waals surface area (Å²) >= 11 is 0. The van der Waals surface area contributed by atoms with Crippen LogP contribution < -0.4 is 10.1 Å². The van der Waals surface area contributed by atoms with Crippen molar-refractivity contribution in [2.24, 2.45) is 11.8 Å². The maximum Gasteiger partial charge on any atom is 0.119 e. The molecule has 2 heteroatoms. The van der Waals surface area contributed by atoms with Crippen LogP contribution in [0.5, 0.6) is 5.75 Å². The number of ether oxygens (including phenoxy) is 1. The molecule has 0 bridgehead atoms. The molecule has 1 atom stereocenters. The fraction of sp³-hybridized carbons (Fsp3) is 0.684. The van der Waals surface area contributed by atoms with Gasteiger partial charge in [-0.05, 0) is 62.3 Å². The minimum Gasteiger partial charge on any atom is -0.494 e. The topological polar surface area (TPSA) is 21.3 Å². The Kier molecular flexibility index (Phi) is 6.56. The Morgan fingerprint density at radius 2 is 1.95 bits per heavy atom. The van der Waals surface area contributed by atoms with Crippen LogP contribution in [0, 0.1) is 11.8 Å². The van der Waals surface area contributed by atoms with E-state index in [2.05, 4.69) is 43.4 Å². The zero-order valence-electron chi connectivity index (χ0n) is 13.9. The van der Waals surface area contributed by atoms with Crippen molar-refractivity contribution in [2.45, 2.75) is 58.9 Å². The Hall–Kier alpha value is -1.02. The van der Waals surface area contributed by atoms with Gasteiger partial charge in [-0.15, -0.1) is 0 Å². The van der Waals surface area contributed by atoms with Crippen LogP contribution >= 0.6 is 0 Å². The average molecular weight is 289 g/mol. The van der Waals surface area contributed by atoms with Gasteiger partial charge in [0.2, 0.25) is 0 Å². The Labute approximate surface area is 130 Å². The van der Waals surface area contributed by atoms with Gasteiger partial charge in [-0.3, -0.25) is 0 Å². The van der Waals surface area contributed by atoms with Gasteiger partial charge in [0.1, 0.15) is 5.75 Å². The molecule has 0 aliphatic heterocycles. The molecule has 0 radical (unpaired) electrons. The Balaban J connectivity index is 2.12. The number of hydrogen-bond donors (Lipinski definition) is 1. The minimum atomic E-state index is 0.484.